The molecule has 0 radical (unpaired) electrons. The molecule has 1 saturated heterocycles. The van der Waals surface area contributed by atoms with Crippen molar-refractivity contribution in [3.05, 3.63) is 65.0 Å². The zero-order valence-electron chi connectivity index (χ0n) is 15.7. The Balaban J connectivity index is 1.65. The van der Waals surface area contributed by atoms with Crippen molar-refractivity contribution in [2.75, 3.05) is 31.1 Å². The second kappa shape index (κ2) is 8.35. The molecule has 1 fully saturated rings. The van der Waals surface area contributed by atoms with Gasteiger partial charge in [0.05, 0.1) is 6.42 Å². The second-order valence-corrected chi connectivity index (χ2v) is 6.81. The van der Waals surface area contributed by atoms with E-state index in [1.165, 1.54) is 28.9 Å². The lowest BCUT2D eigenvalue weighted by atomic mass is 10.0. The molecule has 4 heteroatoms. The number of carbonyl (C=O) groups excluding carboxylic acids is 1. The van der Waals surface area contributed by atoms with Crippen molar-refractivity contribution >= 4 is 11.6 Å². The average molecular weight is 354 g/mol. The highest BCUT2D eigenvalue weighted by molar-refractivity contribution is 5.79. The van der Waals surface area contributed by atoms with Crippen molar-refractivity contribution in [3.63, 3.8) is 0 Å². The number of carbonyl (C=O) groups is 1. The van der Waals surface area contributed by atoms with Gasteiger partial charge in [-0.3, -0.25) is 4.79 Å². The molecule has 3 nitrogen and oxygen atoms in total. The molecule has 2 aromatic carbocycles. The summed E-state index contributed by atoms with van der Waals surface area (Å²) in [5.74, 6) is -0.210. The number of para-hydroxylation sites is 1. The first-order valence-electron chi connectivity index (χ1n) is 9.50. The molecule has 0 bridgehead atoms. The second-order valence-electron chi connectivity index (χ2n) is 6.81. The lowest BCUT2D eigenvalue weighted by Gasteiger charge is -2.38. The Morgan fingerprint density at radius 2 is 1.58 bits per heavy atom. The molecule has 0 spiro atoms. The van der Waals surface area contributed by atoms with Gasteiger partial charge < -0.3 is 9.80 Å². The summed E-state index contributed by atoms with van der Waals surface area (Å²) in [5, 5.41) is 0. The summed E-state index contributed by atoms with van der Waals surface area (Å²) in [6.07, 6.45) is 2.30. The van der Waals surface area contributed by atoms with Gasteiger partial charge in [-0.2, -0.15) is 0 Å². The summed E-state index contributed by atoms with van der Waals surface area (Å²) in [6, 6.07) is 12.9. The smallest absolute Gasteiger partial charge is 0.227 e. The minimum Gasteiger partial charge on any atom is -0.368 e. The third kappa shape index (κ3) is 4.06. The van der Waals surface area contributed by atoms with Gasteiger partial charge in [0.1, 0.15) is 5.82 Å². The molecule has 26 heavy (non-hydrogen) atoms. The van der Waals surface area contributed by atoms with Gasteiger partial charge in [-0.05, 0) is 41.7 Å². The summed E-state index contributed by atoms with van der Waals surface area (Å²) in [5.41, 5.74) is 4.85. The van der Waals surface area contributed by atoms with E-state index < -0.39 is 0 Å². The van der Waals surface area contributed by atoms with Crippen molar-refractivity contribution in [2.24, 2.45) is 0 Å². The molecule has 0 aliphatic carbocycles. The van der Waals surface area contributed by atoms with Crippen molar-refractivity contribution in [3.8, 4) is 0 Å². The summed E-state index contributed by atoms with van der Waals surface area (Å²) in [4.78, 5) is 16.9. The van der Waals surface area contributed by atoms with E-state index in [0.29, 0.717) is 0 Å². The Bertz CT molecular complexity index is 744. The highest BCUT2D eigenvalue weighted by atomic mass is 19.1. The van der Waals surface area contributed by atoms with E-state index in [1.54, 1.807) is 6.07 Å². The highest BCUT2D eigenvalue weighted by Crippen LogP contribution is 2.28. The van der Waals surface area contributed by atoms with Gasteiger partial charge in [-0.15, -0.1) is 0 Å². The normalized spacial score (nSPS) is 14.6. The van der Waals surface area contributed by atoms with Crippen LogP contribution in [0.15, 0.2) is 42.5 Å². The number of halogens is 1. The molecule has 1 amide bonds. The molecule has 2 aromatic rings. The number of benzene rings is 2. The number of nitrogens with zero attached hydrogens (tertiary/aromatic N) is 2. The predicted molar refractivity (Wildman–Crippen MR) is 104 cm³/mol. The molecule has 0 N–H and O–H groups in total. The number of anilines is 1. The van der Waals surface area contributed by atoms with Gasteiger partial charge in [0, 0.05) is 31.9 Å². The van der Waals surface area contributed by atoms with Crippen LogP contribution in [-0.4, -0.2) is 37.0 Å². The van der Waals surface area contributed by atoms with E-state index in [9.17, 15) is 9.18 Å². The lowest BCUT2D eigenvalue weighted by Crippen LogP contribution is -2.49. The molecule has 1 aliphatic rings. The monoisotopic (exact) mass is 354 g/mol. The van der Waals surface area contributed by atoms with Crippen LogP contribution in [0.4, 0.5) is 10.1 Å². The number of aryl methyl sites for hydroxylation is 2. The van der Waals surface area contributed by atoms with Gasteiger partial charge >= 0.3 is 0 Å². The van der Waals surface area contributed by atoms with Crippen LogP contribution in [0.25, 0.3) is 0 Å². The molecule has 138 valence electrons. The molecule has 3 rings (SSSR count). The van der Waals surface area contributed by atoms with Crippen LogP contribution in [0.1, 0.15) is 30.5 Å². The van der Waals surface area contributed by atoms with Gasteiger partial charge in [0.15, 0.2) is 0 Å². The van der Waals surface area contributed by atoms with E-state index in [4.69, 9.17) is 0 Å². The van der Waals surface area contributed by atoms with E-state index in [-0.39, 0.29) is 18.1 Å². The number of piperazine rings is 1. The highest BCUT2D eigenvalue weighted by Gasteiger charge is 2.23. The zero-order valence-corrected chi connectivity index (χ0v) is 15.7. The summed E-state index contributed by atoms with van der Waals surface area (Å²) in [6.45, 7) is 7.51. The van der Waals surface area contributed by atoms with Gasteiger partial charge in [0.25, 0.3) is 0 Å². The van der Waals surface area contributed by atoms with Crippen molar-refractivity contribution in [2.45, 2.75) is 33.1 Å². The Kier molecular flexibility index (Phi) is 5.92. The molecule has 0 saturated carbocycles. The molecule has 1 heterocycles. The number of amides is 1. The molecule has 0 atom stereocenters. The molecular formula is C22H27FN2O. The first-order chi connectivity index (χ1) is 12.6. The van der Waals surface area contributed by atoms with Crippen molar-refractivity contribution < 1.29 is 9.18 Å². The van der Waals surface area contributed by atoms with Crippen LogP contribution in [0.2, 0.25) is 0 Å². The largest absolute Gasteiger partial charge is 0.368 e. The Morgan fingerprint density at radius 3 is 2.15 bits per heavy atom. The standard InChI is InChI=1S/C22H27FN2O/c1-3-18-8-6-9-19(4-2)22(18)25-13-11-24(12-14-25)21(26)16-17-7-5-10-20(23)15-17/h5-10,15H,3-4,11-14,16H2,1-2H3. The first-order valence-corrected chi connectivity index (χ1v) is 9.50. The maximum atomic E-state index is 13.3. The topological polar surface area (TPSA) is 23.6 Å². The molecule has 0 unspecified atom stereocenters. The first kappa shape index (κ1) is 18.4. The van der Waals surface area contributed by atoms with Crippen LogP contribution in [0.3, 0.4) is 0 Å². The lowest BCUT2D eigenvalue weighted by molar-refractivity contribution is -0.130. The minimum absolute atomic E-state index is 0.0785. The van der Waals surface area contributed by atoms with Crippen LogP contribution < -0.4 is 4.90 Å². The van der Waals surface area contributed by atoms with Gasteiger partial charge in [-0.25, -0.2) is 4.39 Å². The number of hydrogen-bond acceptors (Lipinski definition) is 2. The summed E-state index contributed by atoms with van der Waals surface area (Å²) < 4.78 is 13.3. The fourth-order valence-corrected chi connectivity index (χ4v) is 3.73. The minimum atomic E-state index is -0.289. The quantitative estimate of drug-likeness (QED) is 0.814. The van der Waals surface area contributed by atoms with E-state index in [2.05, 4.69) is 36.9 Å². The number of rotatable bonds is 5. The van der Waals surface area contributed by atoms with E-state index >= 15 is 0 Å². The SMILES string of the molecule is CCc1cccc(CC)c1N1CCN(C(=O)Cc2cccc(F)c2)CC1. The maximum Gasteiger partial charge on any atom is 0.227 e. The maximum absolute atomic E-state index is 13.3. The van der Waals surface area contributed by atoms with Crippen LogP contribution in [-0.2, 0) is 24.1 Å². The third-order valence-electron chi connectivity index (χ3n) is 5.16. The van der Waals surface area contributed by atoms with Crippen LogP contribution in [0.5, 0.6) is 0 Å². The predicted octanol–water partition coefficient (Wildman–Crippen LogP) is 3.84. The van der Waals surface area contributed by atoms with Crippen molar-refractivity contribution in [1.82, 2.24) is 4.90 Å². The van der Waals surface area contributed by atoms with E-state index in [1.807, 2.05) is 11.0 Å². The average Bonchev–Trinajstić information content (AvgIpc) is 2.67. The van der Waals surface area contributed by atoms with Gasteiger partial charge in [0.2, 0.25) is 5.91 Å². The van der Waals surface area contributed by atoms with Crippen molar-refractivity contribution in [1.29, 1.82) is 0 Å². The summed E-state index contributed by atoms with van der Waals surface area (Å²) in [7, 11) is 0. The number of hydrogen-bond donors (Lipinski definition) is 0. The third-order valence-corrected chi connectivity index (χ3v) is 5.16. The van der Waals surface area contributed by atoms with Crippen LogP contribution in [0, 0.1) is 5.82 Å². The fraction of sp³-hybridized carbons (Fsp3) is 0.409. The van der Waals surface area contributed by atoms with Gasteiger partial charge in [-0.1, -0.05) is 44.2 Å². The Morgan fingerprint density at radius 1 is 0.962 bits per heavy atom. The van der Waals surface area contributed by atoms with Crippen LogP contribution >= 0.6 is 0 Å². The summed E-state index contributed by atoms with van der Waals surface area (Å²) >= 11 is 0. The molecule has 1 aliphatic heterocycles. The molecule has 0 aromatic heterocycles. The van der Waals surface area contributed by atoms with E-state index in [0.717, 1.165) is 44.6 Å². The fourth-order valence-electron chi connectivity index (χ4n) is 3.73. The molecular weight excluding hydrogens is 327 g/mol. The Hall–Kier alpha value is -2.36. The zero-order chi connectivity index (χ0) is 18.5. The Labute approximate surface area is 155 Å².